The van der Waals surface area contributed by atoms with E-state index in [0.717, 1.165) is 57.1 Å². The smallest absolute Gasteiger partial charge is 0.145 e. The van der Waals surface area contributed by atoms with Crippen LogP contribution in [-0.2, 0) is 11.4 Å². The number of rotatable bonds is 5. The molecule has 2 aliphatic heterocycles. The van der Waals surface area contributed by atoms with Crippen molar-refractivity contribution in [1.29, 1.82) is 0 Å². The summed E-state index contributed by atoms with van der Waals surface area (Å²) in [6.45, 7) is 8.51. The molecule has 1 aromatic rings. The summed E-state index contributed by atoms with van der Waals surface area (Å²) < 4.78 is 0. The first kappa shape index (κ1) is 15.8. The fourth-order valence-corrected chi connectivity index (χ4v) is 3.32. The molecule has 22 heavy (non-hydrogen) atoms. The maximum absolute atomic E-state index is 6.05. The van der Waals surface area contributed by atoms with E-state index >= 15 is 0 Å². The van der Waals surface area contributed by atoms with Crippen molar-refractivity contribution in [2.45, 2.75) is 32.4 Å². The van der Waals surface area contributed by atoms with Crippen LogP contribution in [0.2, 0.25) is 5.02 Å². The highest BCUT2D eigenvalue weighted by Crippen LogP contribution is 2.17. The van der Waals surface area contributed by atoms with Gasteiger partial charge < -0.3 is 4.84 Å². The molecule has 0 aromatic heterocycles. The van der Waals surface area contributed by atoms with Crippen LogP contribution in [0.15, 0.2) is 29.4 Å². The van der Waals surface area contributed by atoms with E-state index in [1.165, 1.54) is 11.3 Å². The van der Waals surface area contributed by atoms with Crippen molar-refractivity contribution in [3.05, 3.63) is 34.9 Å². The molecular formula is C17H24ClN3O. The van der Waals surface area contributed by atoms with Gasteiger partial charge in [0.2, 0.25) is 0 Å². The summed E-state index contributed by atoms with van der Waals surface area (Å²) in [6.07, 6.45) is 2.26. The number of hydrogen-bond donors (Lipinski definition) is 0. The molecule has 0 spiro atoms. The molecule has 1 fully saturated rings. The second kappa shape index (κ2) is 7.44. The first-order valence-electron chi connectivity index (χ1n) is 8.13. The predicted octanol–water partition coefficient (Wildman–Crippen LogP) is 3.01. The average molecular weight is 322 g/mol. The molecule has 0 amide bonds. The molecule has 2 heterocycles. The number of halogens is 1. The average Bonchev–Trinajstić information content (AvgIpc) is 2.97. The molecule has 1 aromatic carbocycles. The summed E-state index contributed by atoms with van der Waals surface area (Å²) in [5.41, 5.74) is 2.49. The maximum atomic E-state index is 6.05. The van der Waals surface area contributed by atoms with Crippen LogP contribution in [0, 0.1) is 0 Å². The van der Waals surface area contributed by atoms with E-state index in [2.05, 4.69) is 34.0 Å². The fraction of sp³-hybridized carbons (Fsp3) is 0.588. The third-order valence-electron chi connectivity index (χ3n) is 4.42. The lowest BCUT2D eigenvalue weighted by Crippen LogP contribution is -2.48. The highest BCUT2D eigenvalue weighted by atomic mass is 35.5. The first-order valence-corrected chi connectivity index (χ1v) is 8.51. The number of oxime groups is 1. The van der Waals surface area contributed by atoms with Crippen molar-refractivity contribution >= 4 is 17.3 Å². The van der Waals surface area contributed by atoms with Crippen LogP contribution < -0.4 is 0 Å². The van der Waals surface area contributed by atoms with E-state index in [-0.39, 0.29) is 6.10 Å². The zero-order valence-electron chi connectivity index (χ0n) is 13.2. The van der Waals surface area contributed by atoms with Crippen LogP contribution in [0.4, 0.5) is 0 Å². The van der Waals surface area contributed by atoms with Gasteiger partial charge in [0, 0.05) is 50.7 Å². The zero-order chi connectivity index (χ0) is 15.4. The van der Waals surface area contributed by atoms with Gasteiger partial charge in [0.05, 0.1) is 5.71 Å². The highest BCUT2D eigenvalue weighted by Gasteiger charge is 2.25. The molecule has 1 atom stereocenters. The van der Waals surface area contributed by atoms with Crippen LogP contribution >= 0.6 is 11.6 Å². The number of nitrogens with zero attached hydrogens (tertiary/aromatic N) is 3. The molecule has 4 nitrogen and oxygen atoms in total. The lowest BCUT2D eigenvalue weighted by molar-refractivity contribution is 0.0338. The number of benzene rings is 1. The Balaban J connectivity index is 1.41. The van der Waals surface area contributed by atoms with E-state index in [1.807, 2.05) is 12.1 Å². The van der Waals surface area contributed by atoms with E-state index in [9.17, 15) is 0 Å². The summed E-state index contributed by atoms with van der Waals surface area (Å²) in [5.74, 6) is 0. The van der Waals surface area contributed by atoms with Crippen molar-refractivity contribution in [2.24, 2.45) is 5.16 Å². The normalized spacial score (nSPS) is 23.4. The minimum absolute atomic E-state index is 0.259. The third-order valence-corrected chi connectivity index (χ3v) is 4.66. The largest absolute Gasteiger partial charge is 0.391 e. The van der Waals surface area contributed by atoms with Gasteiger partial charge in [-0.2, -0.15) is 0 Å². The molecule has 3 rings (SSSR count). The molecule has 0 bridgehead atoms. The Morgan fingerprint density at radius 3 is 2.68 bits per heavy atom. The minimum Gasteiger partial charge on any atom is -0.391 e. The van der Waals surface area contributed by atoms with Gasteiger partial charge in [0.1, 0.15) is 6.10 Å². The van der Waals surface area contributed by atoms with Gasteiger partial charge in [-0.05, 0) is 24.1 Å². The summed E-state index contributed by atoms with van der Waals surface area (Å²) in [6, 6.07) is 8.16. The lowest BCUT2D eigenvalue weighted by Gasteiger charge is -2.35. The van der Waals surface area contributed by atoms with Crippen LogP contribution in [0.3, 0.4) is 0 Å². The molecule has 0 saturated carbocycles. The van der Waals surface area contributed by atoms with Crippen LogP contribution in [0.5, 0.6) is 0 Å². The highest BCUT2D eigenvalue weighted by molar-refractivity contribution is 6.30. The van der Waals surface area contributed by atoms with Gasteiger partial charge in [-0.25, -0.2) is 0 Å². The van der Waals surface area contributed by atoms with Crippen LogP contribution in [-0.4, -0.2) is 54.3 Å². The number of hydrogen-bond acceptors (Lipinski definition) is 4. The van der Waals surface area contributed by atoms with Gasteiger partial charge >= 0.3 is 0 Å². The van der Waals surface area contributed by atoms with Crippen molar-refractivity contribution in [3.8, 4) is 0 Å². The molecule has 2 aliphatic rings. The topological polar surface area (TPSA) is 28.1 Å². The second-order valence-corrected chi connectivity index (χ2v) is 6.59. The van der Waals surface area contributed by atoms with Gasteiger partial charge in [0.15, 0.2) is 0 Å². The van der Waals surface area contributed by atoms with Crippen LogP contribution in [0.1, 0.15) is 25.3 Å². The van der Waals surface area contributed by atoms with Crippen molar-refractivity contribution in [3.63, 3.8) is 0 Å². The standard InChI is InChI=1S/C17H24ClN3O/c1-2-16-11-17(22-19-16)13-21-8-6-20(7-9-21)12-14-4-3-5-15(18)10-14/h3-5,10,17H,2,6-9,11-13H2,1H3. The Hall–Kier alpha value is -1.10. The van der Waals surface area contributed by atoms with Gasteiger partial charge in [0.25, 0.3) is 0 Å². The quantitative estimate of drug-likeness (QED) is 0.834. The predicted molar refractivity (Wildman–Crippen MR) is 90.4 cm³/mol. The molecular weight excluding hydrogens is 298 g/mol. The Kier molecular flexibility index (Phi) is 5.34. The third kappa shape index (κ3) is 4.22. The molecule has 1 unspecified atom stereocenters. The summed E-state index contributed by atoms with van der Waals surface area (Å²) in [7, 11) is 0. The van der Waals surface area contributed by atoms with Crippen molar-refractivity contribution in [2.75, 3.05) is 32.7 Å². The maximum Gasteiger partial charge on any atom is 0.145 e. The summed E-state index contributed by atoms with van der Waals surface area (Å²) in [4.78, 5) is 10.5. The Morgan fingerprint density at radius 2 is 2.00 bits per heavy atom. The minimum atomic E-state index is 0.259. The van der Waals surface area contributed by atoms with Gasteiger partial charge in [-0.1, -0.05) is 35.8 Å². The van der Waals surface area contributed by atoms with Gasteiger partial charge in [-0.15, -0.1) is 0 Å². The lowest BCUT2D eigenvalue weighted by atomic mass is 10.1. The molecule has 1 saturated heterocycles. The zero-order valence-corrected chi connectivity index (χ0v) is 13.9. The fourth-order valence-electron chi connectivity index (χ4n) is 3.10. The molecule has 5 heteroatoms. The van der Waals surface area contributed by atoms with Crippen LogP contribution in [0.25, 0.3) is 0 Å². The molecule has 0 N–H and O–H groups in total. The number of piperazine rings is 1. The van der Waals surface area contributed by atoms with E-state index in [4.69, 9.17) is 16.4 Å². The van der Waals surface area contributed by atoms with Crippen molar-refractivity contribution in [1.82, 2.24) is 9.80 Å². The summed E-state index contributed by atoms with van der Waals surface area (Å²) in [5, 5.41) is 4.97. The SMILES string of the molecule is CCC1=NOC(CN2CCN(Cc3cccc(Cl)c3)CC2)C1. The molecule has 0 radical (unpaired) electrons. The van der Waals surface area contributed by atoms with Gasteiger partial charge in [-0.3, -0.25) is 9.80 Å². The Morgan fingerprint density at radius 1 is 1.23 bits per heavy atom. The van der Waals surface area contributed by atoms with Crippen molar-refractivity contribution < 1.29 is 4.84 Å². The first-order chi connectivity index (χ1) is 10.7. The Bertz CT molecular complexity index is 526. The van der Waals surface area contributed by atoms with E-state index in [0.29, 0.717) is 0 Å². The van der Waals surface area contributed by atoms with E-state index in [1.54, 1.807) is 0 Å². The summed E-state index contributed by atoms with van der Waals surface area (Å²) >= 11 is 6.05. The van der Waals surface area contributed by atoms with E-state index < -0.39 is 0 Å². The Labute approximate surface area is 137 Å². The molecule has 0 aliphatic carbocycles. The second-order valence-electron chi connectivity index (χ2n) is 6.15. The molecule has 120 valence electrons. The monoisotopic (exact) mass is 321 g/mol.